The number of nitrogens with one attached hydrogen (secondary N) is 1. The van der Waals surface area contributed by atoms with Crippen LogP contribution in [-0.2, 0) is 9.59 Å². The number of thioether (sulfide) groups is 1. The molecule has 1 atom stereocenters. The molecule has 1 heterocycles. The van der Waals surface area contributed by atoms with Gasteiger partial charge in [-0.3, -0.25) is 9.59 Å². The van der Waals surface area contributed by atoms with E-state index in [9.17, 15) is 14.0 Å². The summed E-state index contributed by atoms with van der Waals surface area (Å²) in [4.78, 5) is 25.4. The molecule has 1 N–H and O–H groups in total. The summed E-state index contributed by atoms with van der Waals surface area (Å²) in [7, 11) is 1.62. The van der Waals surface area contributed by atoms with Crippen molar-refractivity contribution in [2.75, 3.05) is 23.9 Å². The van der Waals surface area contributed by atoms with Crippen LogP contribution in [0.15, 0.2) is 18.2 Å². The Morgan fingerprint density at radius 1 is 1.45 bits per heavy atom. The van der Waals surface area contributed by atoms with Crippen LogP contribution in [0.3, 0.4) is 0 Å². The second-order valence-electron chi connectivity index (χ2n) is 4.82. The number of benzene rings is 1. The van der Waals surface area contributed by atoms with E-state index in [-0.39, 0.29) is 11.7 Å². The average Bonchev–Trinajstić information content (AvgIpc) is 2.96. The van der Waals surface area contributed by atoms with Crippen molar-refractivity contribution in [2.45, 2.75) is 19.4 Å². The SMILES string of the molecule is Cc1cccc(NC(=O)C(=O)N(C)[C@H]2CCSC2)c1F. The summed E-state index contributed by atoms with van der Waals surface area (Å²) in [5.74, 6) is -0.0925. The minimum Gasteiger partial charge on any atom is -0.334 e. The second kappa shape index (κ2) is 6.26. The first-order chi connectivity index (χ1) is 9.50. The third-order valence-electron chi connectivity index (χ3n) is 3.41. The van der Waals surface area contributed by atoms with Gasteiger partial charge in [-0.05, 0) is 30.7 Å². The van der Waals surface area contributed by atoms with Crippen molar-refractivity contribution in [3.8, 4) is 0 Å². The maximum Gasteiger partial charge on any atom is 0.313 e. The normalized spacial score (nSPS) is 17.9. The zero-order chi connectivity index (χ0) is 14.7. The van der Waals surface area contributed by atoms with E-state index >= 15 is 0 Å². The number of carbonyl (C=O) groups excluding carboxylic acids is 2. The van der Waals surface area contributed by atoms with E-state index in [2.05, 4.69) is 5.32 Å². The van der Waals surface area contributed by atoms with E-state index in [1.54, 1.807) is 37.9 Å². The fourth-order valence-corrected chi connectivity index (χ4v) is 3.34. The summed E-state index contributed by atoms with van der Waals surface area (Å²) >= 11 is 1.76. The molecule has 1 fully saturated rings. The van der Waals surface area contributed by atoms with Gasteiger partial charge in [-0.1, -0.05) is 12.1 Å². The Balaban J connectivity index is 2.04. The molecule has 1 aromatic rings. The number of likely N-dealkylation sites (N-methyl/N-ethyl adjacent to an activating group) is 1. The Morgan fingerprint density at radius 3 is 2.85 bits per heavy atom. The third kappa shape index (κ3) is 3.12. The number of hydrogen-bond acceptors (Lipinski definition) is 3. The standard InChI is InChI=1S/C14H17FN2O2S/c1-9-4-3-5-11(12(9)15)16-13(18)14(19)17(2)10-6-7-20-8-10/h3-5,10H,6-8H2,1-2H3,(H,16,18)/t10-/m0/s1. The van der Waals surface area contributed by atoms with Crippen LogP contribution in [-0.4, -0.2) is 41.3 Å². The van der Waals surface area contributed by atoms with Gasteiger partial charge in [-0.2, -0.15) is 11.8 Å². The Kier molecular flexibility index (Phi) is 4.65. The van der Waals surface area contributed by atoms with Crippen molar-refractivity contribution >= 4 is 29.3 Å². The summed E-state index contributed by atoms with van der Waals surface area (Å²) in [6, 6.07) is 4.77. The van der Waals surface area contributed by atoms with Crippen LogP contribution in [0.4, 0.5) is 10.1 Å². The lowest BCUT2D eigenvalue weighted by Crippen LogP contribution is -2.43. The molecular formula is C14H17FN2O2S. The monoisotopic (exact) mass is 296 g/mol. The molecule has 1 aromatic carbocycles. The number of carbonyl (C=O) groups is 2. The van der Waals surface area contributed by atoms with Gasteiger partial charge >= 0.3 is 11.8 Å². The molecule has 0 saturated carbocycles. The van der Waals surface area contributed by atoms with Gasteiger partial charge in [0.1, 0.15) is 5.82 Å². The molecule has 2 amide bonds. The fourth-order valence-electron chi connectivity index (χ4n) is 2.07. The second-order valence-corrected chi connectivity index (χ2v) is 5.97. The summed E-state index contributed by atoms with van der Waals surface area (Å²) in [5.41, 5.74) is 0.466. The molecule has 4 nitrogen and oxygen atoms in total. The topological polar surface area (TPSA) is 49.4 Å². The van der Waals surface area contributed by atoms with Crippen molar-refractivity contribution in [1.29, 1.82) is 0 Å². The number of anilines is 1. The molecule has 6 heteroatoms. The van der Waals surface area contributed by atoms with E-state index < -0.39 is 17.6 Å². The summed E-state index contributed by atoms with van der Waals surface area (Å²) in [6.07, 6.45) is 0.888. The van der Waals surface area contributed by atoms with Gasteiger partial charge in [0, 0.05) is 18.8 Å². The number of hydrogen-bond donors (Lipinski definition) is 1. The van der Waals surface area contributed by atoms with Gasteiger partial charge in [0.15, 0.2) is 0 Å². The van der Waals surface area contributed by atoms with Gasteiger partial charge in [-0.15, -0.1) is 0 Å². The van der Waals surface area contributed by atoms with E-state index in [0.717, 1.165) is 17.9 Å². The fraction of sp³-hybridized carbons (Fsp3) is 0.429. The minimum atomic E-state index is -0.797. The number of aryl methyl sites for hydroxylation is 1. The lowest BCUT2D eigenvalue weighted by molar-refractivity contribution is -0.143. The largest absolute Gasteiger partial charge is 0.334 e. The highest BCUT2D eigenvalue weighted by molar-refractivity contribution is 7.99. The number of halogens is 1. The molecule has 0 aliphatic carbocycles. The lowest BCUT2D eigenvalue weighted by Gasteiger charge is -2.23. The highest BCUT2D eigenvalue weighted by Crippen LogP contribution is 2.22. The maximum absolute atomic E-state index is 13.8. The van der Waals surface area contributed by atoms with Crippen LogP contribution < -0.4 is 5.32 Å². The molecule has 1 aliphatic heterocycles. The van der Waals surface area contributed by atoms with Crippen molar-refractivity contribution in [3.63, 3.8) is 0 Å². The molecule has 1 aliphatic rings. The first kappa shape index (κ1) is 14.8. The van der Waals surface area contributed by atoms with Gasteiger partial charge in [-0.25, -0.2) is 4.39 Å². The summed E-state index contributed by atoms with van der Waals surface area (Å²) in [6.45, 7) is 1.61. The highest BCUT2D eigenvalue weighted by atomic mass is 32.2. The summed E-state index contributed by atoms with van der Waals surface area (Å²) < 4.78 is 13.8. The van der Waals surface area contributed by atoms with Crippen molar-refractivity contribution in [1.82, 2.24) is 4.90 Å². The van der Waals surface area contributed by atoms with Gasteiger partial charge in [0.2, 0.25) is 0 Å². The van der Waals surface area contributed by atoms with E-state index in [1.807, 2.05) is 0 Å². The lowest BCUT2D eigenvalue weighted by atomic mass is 10.2. The first-order valence-corrected chi connectivity index (χ1v) is 7.57. The molecule has 0 aromatic heterocycles. The maximum atomic E-state index is 13.8. The van der Waals surface area contributed by atoms with Gasteiger partial charge in [0.25, 0.3) is 0 Å². The molecule has 108 valence electrons. The molecular weight excluding hydrogens is 279 g/mol. The Bertz CT molecular complexity index is 530. The predicted molar refractivity (Wildman–Crippen MR) is 78.3 cm³/mol. The smallest absolute Gasteiger partial charge is 0.313 e. The van der Waals surface area contributed by atoms with Gasteiger partial charge in [0.05, 0.1) is 5.69 Å². The van der Waals surface area contributed by atoms with Crippen molar-refractivity contribution in [3.05, 3.63) is 29.6 Å². The third-order valence-corrected chi connectivity index (χ3v) is 4.55. The molecule has 2 rings (SSSR count). The van der Waals surface area contributed by atoms with E-state index in [1.165, 1.54) is 11.0 Å². The zero-order valence-electron chi connectivity index (χ0n) is 11.5. The van der Waals surface area contributed by atoms with Crippen molar-refractivity contribution < 1.29 is 14.0 Å². The van der Waals surface area contributed by atoms with Crippen LogP contribution >= 0.6 is 11.8 Å². The van der Waals surface area contributed by atoms with Gasteiger partial charge < -0.3 is 10.2 Å². The highest BCUT2D eigenvalue weighted by Gasteiger charge is 2.28. The Hall–Kier alpha value is -1.56. The number of nitrogens with zero attached hydrogens (tertiary/aromatic N) is 1. The van der Waals surface area contributed by atoms with Crippen LogP contribution in [0.1, 0.15) is 12.0 Å². The van der Waals surface area contributed by atoms with E-state index in [0.29, 0.717) is 5.56 Å². The van der Waals surface area contributed by atoms with Crippen LogP contribution in [0.5, 0.6) is 0 Å². The molecule has 0 bridgehead atoms. The molecule has 0 spiro atoms. The molecule has 20 heavy (non-hydrogen) atoms. The number of rotatable bonds is 2. The first-order valence-electron chi connectivity index (χ1n) is 6.41. The summed E-state index contributed by atoms with van der Waals surface area (Å²) in [5, 5.41) is 2.34. The molecule has 0 unspecified atom stereocenters. The molecule has 1 saturated heterocycles. The quantitative estimate of drug-likeness (QED) is 0.850. The van der Waals surface area contributed by atoms with Crippen LogP contribution in [0.25, 0.3) is 0 Å². The Labute approximate surface area is 121 Å². The number of amides is 2. The molecule has 0 radical (unpaired) electrons. The predicted octanol–water partition coefficient (Wildman–Crippen LogP) is 2.04. The van der Waals surface area contributed by atoms with E-state index in [4.69, 9.17) is 0 Å². The average molecular weight is 296 g/mol. The van der Waals surface area contributed by atoms with Crippen LogP contribution in [0.2, 0.25) is 0 Å². The van der Waals surface area contributed by atoms with Crippen molar-refractivity contribution in [2.24, 2.45) is 0 Å². The zero-order valence-corrected chi connectivity index (χ0v) is 12.3. The Morgan fingerprint density at radius 2 is 2.20 bits per heavy atom. The minimum absolute atomic E-state index is 0.0394. The van der Waals surface area contributed by atoms with Crippen LogP contribution in [0, 0.1) is 12.7 Å².